The van der Waals surface area contributed by atoms with E-state index in [0.29, 0.717) is 0 Å². The highest BCUT2D eigenvalue weighted by Crippen LogP contribution is 2.46. The molecule has 0 aliphatic carbocycles. The topological polar surface area (TPSA) is 197 Å². The highest BCUT2D eigenvalue weighted by atomic mass is 31.2. The lowest BCUT2D eigenvalue weighted by Gasteiger charge is -2.21. The van der Waals surface area contributed by atoms with Gasteiger partial charge in [-0.15, -0.1) is 0 Å². The van der Waals surface area contributed by atoms with Crippen LogP contribution < -0.4 is 5.73 Å². The second-order valence-corrected chi connectivity index (χ2v) is 6.77. The highest BCUT2D eigenvalue weighted by molar-refractivity contribution is 7.52. The molecular weight excluding hydrogens is 333 g/mol. The van der Waals surface area contributed by atoms with Crippen LogP contribution in [-0.4, -0.2) is 68.8 Å². The van der Waals surface area contributed by atoms with Crippen LogP contribution in [0.3, 0.4) is 0 Å². The summed E-state index contributed by atoms with van der Waals surface area (Å²) in [4.78, 5) is 29.7. The Bertz CT molecular complexity index is 778. The highest BCUT2D eigenvalue weighted by Gasteiger charge is 2.51. The summed E-state index contributed by atoms with van der Waals surface area (Å²) in [5.41, 5.74) is 6.07. The van der Waals surface area contributed by atoms with Crippen LogP contribution in [0.2, 0.25) is 0 Å². The Hall–Kier alpha value is -1.66. The Morgan fingerprint density at radius 1 is 1.26 bits per heavy atom. The van der Waals surface area contributed by atoms with Crippen molar-refractivity contribution in [1.29, 1.82) is 0 Å². The maximum absolute atomic E-state index is 11.1. The number of anilines is 1. The van der Waals surface area contributed by atoms with Crippen molar-refractivity contribution in [1.82, 2.24) is 19.5 Å². The van der Waals surface area contributed by atoms with E-state index in [1.807, 2.05) is 0 Å². The average molecular weight is 347 g/mol. The summed E-state index contributed by atoms with van der Waals surface area (Å²) < 4.78 is 17.6. The number of hydrogen-bond acceptors (Lipinski definition) is 9. The van der Waals surface area contributed by atoms with Gasteiger partial charge in [0.25, 0.3) is 0 Å². The maximum Gasteiger partial charge on any atom is 0.356 e. The van der Waals surface area contributed by atoms with E-state index in [0.717, 1.165) is 6.33 Å². The number of nitrogens with two attached hydrogens (primary N) is 1. The van der Waals surface area contributed by atoms with Crippen LogP contribution in [-0.2, 0) is 9.30 Å². The van der Waals surface area contributed by atoms with E-state index in [1.54, 1.807) is 0 Å². The first-order chi connectivity index (χ1) is 10.7. The van der Waals surface area contributed by atoms with Crippen molar-refractivity contribution in [2.75, 3.05) is 5.73 Å². The predicted molar refractivity (Wildman–Crippen MR) is 73.7 cm³/mol. The number of nitrogen functional groups attached to an aromatic ring is 1. The van der Waals surface area contributed by atoms with Crippen molar-refractivity contribution in [3.63, 3.8) is 0 Å². The summed E-state index contributed by atoms with van der Waals surface area (Å²) in [5, 5.41) is 29.6. The third-order valence-electron chi connectivity index (χ3n) is 3.57. The van der Waals surface area contributed by atoms with E-state index in [1.165, 1.54) is 10.9 Å². The van der Waals surface area contributed by atoms with Gasteiger partial charge in [0.15, 0.2) is 23.5 Å². The van der Waals surface area contributed by atoms with Gasteiger partial charge in [-0.05, 0) is 0 Å². The molecule has 3 heterocycles. The van der Waals surface area contributed by atoms with Crippen molar-refractivity contribution >= 4 is 24.6 Å². The quantitative estimate of drug-likeness (QED) is 0.321. The lowest BCUT2D eigenvalue weighted by atomic mass is 10.1. The zero-order valence-electron chi connectivity index (χ0n) is 11.4. The average Bonchev–Trinajstić information content (AvgIpc) is 3.02. The molecule has 1 aliphatic heterocycles. The van der Waals surface area contributed by atoms with Gasteiger partial charge in [-0.1, -0.05) is 0 Å². The van der Waals surface area contributed by atoms with Crippen LogP contribution >= 0.6 is 7.60 Å². The maximum atomic E-state index is 11.1. The third-order valence-corrected chi connectivity index (χ3v) is 4.56. The Labute approximate surface area is 128 Å². The van der Waals surface area contributed by atoms with Gasteiger partial charge in [0.1, 0.15) is 30.2 Å². The molecule has 1 aliphatic rings. The number of aliphatic hydroxyl groups is 3. The SMILES string of the molecule is Nc1ncnc2c1ncn2[C@@H]1O[C@H]([C@H](O)P(=O)(O)O)[C@@H](O)[C@H]1O. The van der Waals surface area contributed by atoms with Gasteiger partial charge >= 0.3 is 7.60 Å². The summed E-state index contributed by atoms with van der Waals surface area (Å²) >= 11 is 0. The second kappa shape index (κ2) is 5.46. The van der Waals surface area contributed by atoms with Gasteiger partial charge in [0.2, 0.25) is 0 Å². The van der Waals surface area contributed by atoms with Crippen molar-refractivity contribution in [2.45, 2.75) is 30.4 Å². The summed E-state index contributed by atoms with van der Waals surface area (Å²) in [6, 6.07) is 0. The Morgan fingerprint density at radius 3 is 2.61 bits per heavy atom. The second-order valence-electron chi connectivity index (χ2n) is 5.06. The zero-order valence-corrected chi connectivity index (χ0v) is 12.3. The lowest BCUT2D eigenvalue weighted by molar-refractivity contribution is -0.0664. The summed E-state index contributed by atoms with van der Waals surface area (Å²) in [6.07, 6.45) is -3.87. The molecule has 0 amide bonds. The summed E-state index contributed by atoms with van der Waals surface area (Å²) in [6.45, 7) is 0. The molecule has 12 nitrogen and oxygen atoms in total. The number of aromatic nitrogens is 4. The van der Waals surface area contributed by atoms with Crippen molar-refractivity contribution in [3.8, 4) is 0 Å². The number of rotatable bonds is 3. The number of aliphatic hydroxyl groups excluding tert-OH is 3. The normalized spacial score (nSPS) is 30.0. The Kier molecular flexibility index (Phi) is 3.84. The van der Waals surface area contributed by atoms with Gasteiger partial charge in [-0.25, -0.2) is 15.0 Å². The fraction of sp³-hybridized carbons (Fsp3) is 0.500. The van der Waals surface area contributed by atoms with E-state index < -0.39 is 38.0 Å². The molecule has 7 N–H and O–H groups in total. The van der Waals surface area contributed by atoms with Crippen LogP contribution in [0, 0.1) is 0 Å². The van der Waals surface area contributed by atoms with Gasteiger partial charge in [-0.2, -0.15) is 0 Å². The number of ether oxygens (including phenoxy) is 1. The first-order valence-electron chi connectivity index (χ1n) is 6.39. The molecule has 1 saturated heterocycles. The van der Waals surface area contributed by atoms with Crippen LogP contribution in [0.5, 0.6) is 0 Å². The largest absolute Gasteiger partial charge is 0.387 e. The third kappa shape index (κ3) is 2.60. The molecule has 0 bridgehead atoms. The first kappa shape index (κ1) is 16.2. The summed E-state index contributed by atoms with van der Waals surface area (Å²) in [5.74, 6) is -2.19. The van der Waals surface area contributed by atoms with E-state index in [-0.39, 0.29) is 17.0 Å². The molecule has 2 aromatic heterocycles. The van der Waals surface area contributed by atoms with Crippen molar-refractivity contribution in [2.24, 2.45) is 0 Å². The fourth-order valence-corrected chi connectivity index (χ4v) is 3.04. The molecule has 1 fully saturated rings. The Morgan fingerprint density at radius 2 is 1.96 bits per heavy atom. The monoisotopic (exact) mass is 347 g/mol. The van der Waals surface area contributed by atoms with E-state index in [4.69, 9.17) is 20.3 Å². The van der Waals surface area contributed by atoms with Crippen LogP contribution in [0.1, 0.15) is 6.23 Å². The minimum absolute atomic E-state index is 0.0913. The first-order valence-corrected chi connectivity index (χ1v) is 8.08. The summed E-state index contributed by atoms with van der Waals surface area (Å²) in [7, 11) is -4.94. The molecule has 126 valence electrons. The van der Waals surface area contributed by atoms with Crippen LogP contribution in [0.15, 0.2) is 12.7 Å². The van der Waals surface area contributed by atoms with Crippen molar-refractivity contribution < 1.29 is 34.4 Å². The lowest BCUT2D eigenvalue weighted by Crippen LogP contribution is -2.38. The predicted octanol–water partition coefficient (Wildman–Crippen LogP) is -2.48. The molecule has 13 heteroatoms. The van der Waals surface area contributed by atoms with E-state index in [9.17, 15) is 19.9 Å². The molecule has 23 heavy (non-hydrogen) atoms. The number of nitrogens with zero attached hydrogens (tertiary/aromatic N) is 4. The molecule has 0 spiro atoms. The minimum atomic E-state index is -4.94. The molecule has 0 saturated carbocycles. The molecule has 3 rings (SSSR count). The molecule has 5 atom stereocenters. The van der Waals surface area contributed by atoms with Crippen LogP contribution in [0.4, 0.5) is 5.82 Å². The van der Waals surface area contributed by atoms with Gasteiger partial charge in [-0.3, -0.25) is 9.13 Å². The zero-order chi connectivity index (χ0) is 16.9. The molecule has 2 aromatic rings. The number of imidazole rings is 1. The van der Waals surface area contributed by atoms with E-state index in [2.05, 4.69) is 15.0 Å². The van der Waals surface area contributed by atoms with Crippen LogP contribution in [0.25, 0.3) is 11.2 Å². The van der Waals surface area contributed by atoms with Gasteiger partial charge in [0.05, 0.1) is 6.33 Å². The number of hydrogen-bond donors (Lipinski definition) is 6. The van der Waals surface area contributed by atoms with Gasteiger partial charge in [0, 0.05) is 0 Å². The molecule has 0 aromatic carbocycles. The standard InChI is InChI=1S/C10H14N5O7P/c11-7-3-8(13-1-12-7)15(2-14-3)9-5(17)4(16)6(22-9)10(18)23(19,20)21/h1-2,4-6,9-10,16-18H,(H2,11,12,13)(H2,19,20,21)/t4-,5+,6-,9+,10+/m0/s1. The minimum Gasteiger partial charge on any atom is -0.387 e. The van der Waals surface area contributed by atoms with E-state index >= 15 is 0 Å². The molecular formula is C10H14N5O7P. The fourth-order valence-electron chi connectivity index (χ4n) is 2.41. The smallest absolute Gasteiger partial charge is 0.356 e. The number of fused-ring (bicyclic) bond motifs is 1. The molecule has 0 unspecified atom stereocenters. The Balaban J connectivity index is 1.97. The molecule has 0 radical (unpaired) electrons. The van der Waals surface area contributed by atoms with Crippen molar-refractivity contribution in [3.05, 3.63) is 12.7 Å². The van der Waals surface area contributed by atoms with Gasteiger partial charge < -0.3 is 35.6 Å².